The van der Waals surface area contributed by atoms with Crippen LogP contribution in [0.15, 0.2) is 18.3 Å². The minimum absolute atomic E-state index is 0.353. The zero-order valence-corrected chi connectivity index (χ0v) is 8.93. The third-order valence-corrected chi connectivity index (χ3v) is 3.00. The van der Waals surface area contributed by atoms with Crippen molar-refractivity contribution in [2.24, 2.45) is 0 Å². The Morgan fingerprint density at radius 3 is 3.14 bits per heavy atom. The number of hydrogen-bond donors (Lipinski definition) is 1. The summed E-state index contributed by atoms with van der Waals surface area (Å²) in [7, 11) is 0. The van der Waals surface area contributed by atoms with Gasteiger partial charge in [0.15, 0.2) is 0 Å². The maximum Gasteiger partial charge on any atom is 0.0758 e. The van der Waals surface area contributed by atoms with Crippen LogP contribution in [0, 0.1) is 0 Å². The summed E-state index contributed by atoms with van der Waals surface area (Å²) in [4.78, 5) is 4.35. The van der Waals surface area contributed by atoms with Crippen molar-refractivity contribution >= 4 is 11.6 Å². The van der Waals surface area contributed by atoms with E-state index in [2.05, 4.69) is 10.3 Å². The van der Waals surface area contributed by atoms with E-state index < -0.39 is 0 Å². The van der Waals surface area contributed by atoms with Crippen LogP contribution in [-0.4, -0.2) is 11.5 Å². The number of nitrogens with zero attached hydrogens (tertiary/aromatic N) is 1. The fourth-order valence-electron chi connectivity index (χ4n) is 1.92. The molecule has 0 amide bonds. The molecule has 0 spiro atoms. The van der Waals surface area contributed by atoms with E-state index in [0.29, 0.717) is 6.04 Å². The van der Waals surface area contributed by atoms with Gasteiger partial charge < -0.3 is 5.32 Å². The third kappa shape index (κ3) is 2.25. The van der Waals surface area contributed by atoms with Gasteiger partial charge >= 0.3 is 0 Å². The number of hydrogen-bond acceptors (Lipinski definition) is 2. The smallest absolute Gasteiger partial charge is 0.0758 e. The first kappa shape index (κ1) is 9.94. The fraction of sp³-hybridized carbons (Fsp3) is 0.545. The molecular weight excluding hydrogens is 196 g/mol. The molecule has 1 fully saturated rings. The van der Waals surface area contributed by atoms with Crippen molar-refractivity contribution in [1.29, 1.82) is 0 Å². The number of aromatic nitrogens is 1. The summed E-state index contributed by atoms with van der Waals surface area (Å²) in [5.74, 6) is 0. The Bertz CT molecular complexity index is 293. The Kier molecular flexibility index (Phi) is 3.38. The SMILES string of the molecule is Clc1cccnc1C1CCCCCN1. The van der Waals surface area contributed by atoms with E-state index in [1.165, 1.54) is 19.3 Å². The zero-order valence-electron chi connectivity index (χ0n) is 8.17. The predicted octanol–water partition coefficient (Wildman–Crippen LogP) is 2.94. The van der Waals surface area contributed by atoms with Crippen molar-refractivity contribution in [3.05, 3.63) is 29.0 Å². The van der Waals surface area contributed by atoms with E-state index in [0.717, 1.165) is 23.7 Å². The number of rotatable bonds is 1. The lowest BCUT2D eigenvalue weighted by Crippen LogP contribution is -2.21. The normalized spacial score (nSPS) is 23.1. The van der Waals surface area contributed by atoms with Gasteiger partial charge in [0, 0.05) is 6.20 Å². The minimum atomic E-state index is 0.353. The second-order valence-electron chi connectivity index (χ2n) is 3.73. The molecule has 14 heavy (non-hydrogen) atoms. The summed E-state index contributed by atoms with van der Waals surface area (Å²) in [5, 5.41) is 4.28. The largest absolute Gasteiger partial charge is 0.309 e. The predicted molar refractivity (Wildman–Crippen MR) is 58.5 cm³/mol. The summed E-state index contributed by atoms with van der Waals surface area (Å²) in [6.07, 6.45) is 6.81. The Morgan fingerprint density at radius 1 is 1.36 bits per heavy atom. The Labute approximate surface area is 89.7 Å². The molecule has 1 unspecified atom stereocenters. The highest BCUT2D eigenvalue weighted by Crippen LogP contribution is 2.26. The molecule has 0 bridgehead atoms. The van der Waals surface area contributed by atoms with Crippen molar-refractivity contribution in [1.82, 2.24) is 10.3 Å². The lowest BCUT2D eigenvalue weighted by atomic mass is 10.1. The highest BCUT2D eigenvalue weighted by Gasteiger charge is 2.16. The molecule has 1 atom stereocenters. The highest BCUT2D eigenvalue weighted by molar-refractivity contribution is 6.31. The first-order chi connectivity index (χ1) is 6.88. The molecule has 1 aromatic heterocycles. The monoisotopic (exact) mass is 210 g/mol. The number of halogens is 1. The molecule has 0 saturated carbocycles. The molecule has 2 nitrogen and oxygen atoms in total. The average Bonchev–Trinajstić information content (AvgIpc) is 2.47. The van der Waals surface area contributed by atoms with E-state index in [9.17, 15) is 0 Å². The Morgan fingerprint density at radius 2 is 2.29 bits per heavy atom. The van der Waals surface area contributed by atoms with Gasteiger partial charge in [-0.3, -0.25) is 4.98 Å². The molecule has 0 radical (unpaired) electrons. The van der Waals surface area contributed by atoms with Crippen molar-refractivity contribution < 1.29 is 0 Å². The average molecular weight is 211 g/mol. The standard InChI is InChI=1S/C11H15ClN2/c12-9-5-4-8-14-11(9)10-6-2-1-3-7-13-10/h4-5,8,10,13H,1-3,6-7H2. The molecular formula is C11H15ClN2. The summed E-state index contributed by atoms with van der Waals surface area (Å²) in [6, 6.07) is 4.14. The molecule has 3 heteroatoms. The molecule has 1 N–H and O–H groups in total. The van der Waals surface area contributed by atoms with Gasteiger partial charge in [-0.05, 0) is 31.5 Å². The molecule has 2 rings (SSSR count). The van der Waals surface area contributed by atoms with Crippen molar-refractivity contribution in [2.45, 2.75) is 31.7 Å². The maximum absolute atomic E-state index is 6.11. The van der Waals surface area contributed by atoms with E-state index in [-0.39, 0.29) is 0 Å². The van der Waals surface area contributed by atoms with E-state index in [1.54, 1.807) is 0 Å². The lowest BCUT2D eigenvalue weighted by molar-refractivity contribution is 0.522. The quantitative estimate of drug-likeness (QED) is 0.771. The van der Waals surface area contributed by atoms with Crippen LogP contribution in [-0.2, 0) is 0 Å². The molecule has 0 aromatic carbocycles. The van der Waals surface area contributed by atoms with Crippen LogP contribution < -0.4 is 5.32 Å². The summed E-state index contributed by atoms with van der Waals surface area (Å²) < 4.78 is 0. The molecule has 0 aliphatic carbocycles. The van der Waals surface area contributed by atoms with Gasteiger partial charge in [-0.25, -0.2) is 0 Å². The van der Waals surface area contributed by atoms with Crippen LogP contribution in [0.3, 0.4) is 0 Å². The van der Waals surface area contributed by atoms with Crippen LogP contribution in [0.2, 0.25) is 5.02 Å². The molecule has 1 aliphatic heterocycles. The molecule has 76 valence electrons. The van der Waals surface area contributed by atoms with Gasteiger partial charge in [-0.15, -0.1) is 0 Å². The summed E-state index contributed by atoms with van der Waals surface area (Å²) in [6.45, 7) is 1.08. The first-order valence-corrected chi connectivity index (χ1v) is 5.59. The highest BCUT2D eigenvalue weighted by atomic mass is 35.5. The zero-order chi connectivity index (χ0) is 9.80. The van der Waals surface area contributed by atoms with Crippen LogP contribution in [0.25, 0.3) is 0 Å². The van der Waals surface area contributed by atoms with Crippen LogP contribution in [0.1, 0.15) is 37.4 Å². The topological polar surface area (TPSA) is 24.9 Å². The van der Waals surface area contributed by atoms with Crippen LogP contribution in [0.5, 0.6) is 0 Å². The lowest BCUT2D eigenvalue weighted by Gasteiger charge is -2.15. The van der Waals surface area contributed by atoms with E-state index in [1.807, 2.05) is 18.3 Å². The van der Waals surface area contributed by atoms with Gasteiger partial charge in [0.25, 0.3) is 0 Å². The second kappa shape index (κ2) is 4.76. The maximum atomic E-state index is 6.11. The summed E-state index contributed by atoms with van der Waals surface area (Å²) in [5.41, 5.74) is 1.01. The van der Waals surface area contributed by atoms with Crippen LogP contribution >= 0.6 is 11.6 Å². The minimum Gasteiger partial charge on any atom is -0.309 e. The Balaban J connectivity index is 2.16. The number of pyridine rings is 1. The Hall–Kier alpha value is -0.600. The van der Waals surface area contributed by atoms with E-state index in [4.69, 9.17) is 11.6 Å². The van der Waals surface area contributed by atoms with Gasteiger partial charge in [-0.1, -0.05) is 24.4 Å². The van der Waals surface area contributed by atoms with Gasteiger partial charge in [0.05, 0.1) is 16.8 Å². The first-order valence-electron chi connectivity index (χ1n) is 5.22. The van der Waals surface area contributed by atoms with Crippen LogP contribution in [0.4, 0.5) is 0 Å². The van der Waals surface area contributed by atoms with E-state index >= 15 is 0 Å². The van der Waals surface area contributed by atoms with Crippen molar-refractivity contribution in [3.63, 3.8) is 0 Å². The molecule has 1 aromatic rings. The molecule has 1 saturated heterocycles. The van der Waals surface area contributed by atoms with Crippen molar-refractivity contribution in [2.75, 3.05) is 6.54 Å². The molecule has 2 heterocycles. The summed E-state index contributed by atoms with van der Waals surface area (Å²) >= 11 is 6.11. The fourth-order valence-corrected chi connectivity index (χ4v) is 2.17. The van der Waals surface area contributed by atoms with Gasteiger partial charge in [0.2, 0.25) is 0 Å². The third-order valence-electron chi connectivity index (χ3n) is 2.68. The second-order valence-corrected chi connectivity index (χ2v) is 4.13. The van der Waals surface area contributed by atoms with Gasteiger partial charge in [0.1, 0.15) is 0 Å². The molecule has 1 aliphatic rings. The number of nitrogens with one attached hydrogen (secondary N) is 1. The van der Waals surface area contributed by atoms with Gasteiger partial charge in [-0.2, -0.15) is 0 Å². The van der Waals surface area contributed by atoms with Crippen molar-refractivity contribution in [3.8, 4) is 0 Å².